The lowest BCUT2D eigenvalue weighted by atomic mass is 9.41. The Bertz CT molecular complexity index is 860. The van der Waals surface area contributed by atoms with E-state index in [1.165, 1.54) is 11.3 Å². The average molecular weight is 432 g/mol. The van der Waals surface area contributed by atoms with E-state index in [1.807, 2.05) is 5.38 Å². The summed E-state index contributed by atoms with van der Waals surface area (Å²) < 4.78 is 0. The van der Waals surface area contributed by atoms with Crippen molar-refractivity contribution in [1.29, 1.82) is 0 Å². The van der Waals surface area contributed by atoms with Gasteiger partial charge in [0.15, 0.2) is 5.13 Å². The molecule has 2 bridgehead atoms. The van der Waals surface area contributed by atoms with Crippen LogP contribution in [0.5, 0.6) is 0 Å². The van der Waals surface area contributed by atoms with Crippen molar-refractivity contribution in [2.24, 2.45) is 28.6 Å². The lowest BCUT2D eigenvalue weighted by Gasteiger charge is -2.65. The number of thiazole rings is 1. The summed E-state index contributed by atoms with van der Waals surface area (Å²) in [6.45, 7) is 8.66. The van der Waals surface area contributed by atoms with Crippen LogP contribution in [0, 0.1) is 28.6 Å². The van der Waals surface area contributed by atoms with Gasteiger partial charge in [0.2, 0.25) is 0 Å². The second-order valence-electron chi connectivity index (χ2n) is 10.7. The number of anilines is 1. The molecule has 0 aromatic carbocycles. The lowest BCUT2D eigenvalue weighted by molar-refractivity contribution is -0.195. The number of aromatic nitrogens is 1. The first-order chi connectivity index (χ1) is 14.2. The van der Waals surface area contributed by atoms with Gasteiger partial charge < -0.3 is 15.5 Å². The molecule has 0 aliphatic heterocycles. The molecule has 0 radical (unpaired) electrons. The first-order valence-corrected chi connectivity index (χ1v) is 12.1. The maximum Gasteiger partial charge on any atom is 0.321 e. The molecular formula is C23H33N3O3S. The molecule has 0 saturated heterocycles. The summed E-state index contributed by atoms with van der Waals surface area (Å²) >= 11 is 1.40. The van der Waals surface area contributed by atoms with Crippen LogP contribution in [0.15, 0.2) is 23.7 Å². The molecule has 5 rings (SSSR count). The normalized spacial score (nSPS) is 47.3. The molecule has 4 fully saturated rings. The second kappa shape index (κ2) is 6.78. The quantitative estimate of drug-likeness (QED) is 0.534. The first-order valence-electron chi connectivity index (χ1n) is 11.2. The third-order valence-electron chi connectivity index (χ3n) is 9.21. The summed E-state index contributed by atoms with van der Waals surface area (Å²) in [5.41, 5.74) is 0.188. The van der Waals surface area contributed by atoms with Crippen molar-refractivity contribution >= 4 is 22.5 Å². The lowest BCUT2D eigenvalue weighted by Crippen LogP contribution is -2.67. The summed E-state index contributed by atoms with van der Waals surface area (Å²) in [4.78, 5) is 16.9. The highest BCUT2D eigenvalue weighted by molar-refractivity contribution is 7.13. The van der Waals surface area contributed by atoms with Crippen molar-refractivity contribution in [2.75, 3.05) is 5.32 Å². The van der Waals surface area contributed by atoms with Crippen LogP contribution in [0.4, 0.5) is 9.93 Å². The fraction of sp³-hybridized carbons (Fsp3) is 0.739. The van der Waals surface area contributed by atoms with Gasteiger partial charge in [-0.05, 0) is 74.2 Å². The van der Waals surface area contributed by atoms with Crippen LogP contribution >= 0.6 is 11.3 Å². The molecule has 1 spiro atoms. The van der Waals surface area contributed by atoms with Gasteiger partial charge in [-0.15, -0.1) is 11.3 Å². The number of carbonyl (C=O) groups is 1. The number of hydrogen-bond acceptors (Lipinski definition) is 5. The Morgan fingerprint density at radius 3 is 2.83 bits per heavy atom. The number of carbonyl (C=O) groups excluding carboxylic acids is 1. The standard InChI is InChI=1S/C23H33N3O3S/c1-13-14-11-15(27)17-21(2)6-4-7-22(3,26-19(29)25-20-24-9-10-30-20)16(21)5-8-23(17,12-14)18(13)28/h9-10,14-18,27-28H,1,4-8,11-12H2,2-3H3,(H2,24,25,26,29)/t14-,15+,16+,17+,18-,21-,22-,23-/m1/s1. The van der Waals surface area contributed by atoms with E-state index in [9.17, 15) is 15.0 Å². The number of hydrogen-bond donors (Lipinski definition) is 4. The Morgan fingerprint density at radius 2 is 2.10 bits per heavy atom. The van der Waals surface area contributed by atoms with Crippen molar-refractivity contribution in [1.82, 2.24) is 10.3 Å². The molecule has 1 aromatic heterocycles. The van der Waals surface area contributed by atoms with Crippen LogP contribution in [-0.4, -0.2) is 39.0 Å². The number of aliphatic hydroxyl groups is 2. The van der Waals surface area contributed by atoms with Gasteiger partial charge in [-0.3, -0.25) is 5.32 Å². The van der Waals surface area contributed by atoms with Crippen molar-refractivity contribution in [3.05, 3.63) is 23.7 Å². The van der Waals surface area contributed by atoms with Gasteiger partial charge in [-0.1, -0.05) is 19.9 Å². The van der Waals surface area contributed by atoms with E-state index in [1.54, 1.807) is 6.20 Å². The second-order valence-corrected chi connectivity index (χ2v) is 11.6. The minimum absolute atomic E-state index is 0.0395. The van der Waals surface area contributed by atoms with Gasteiger partial charge in [0.1, 0.15) is 0 Å². The van der Waals surface area contributed by atoms with E-state index < -0.39 is 12.2 Å². The molecule has 6 nitrogen and oxygen atoms in total. The maximum atomic E-state index is 12.8. The predicted molar refractivity (Wildman–Crippen MR) is 117 cm³/mol. The fourth-order valence-corrected chi connectivity index (χ4v) is 8.82. The number of fused-ring (bicyclic) bond motifs is 3. The minimum atomic E-state index is -0.517. The summed E-state index contributed by atoms with van der Waals surface area (Å²) in [6, 6.07) is -0.212. The summed E-state index contributed by atoms with van der Waals surface area (Å²) in [7, 11) is 0. The molecule has 8 atom stereocenters. The van der Waals surface area contributed by atoms with Crippen LogP contribution in [0.2, 0.25) is 0 Å². The number of rotatable bonds is 2. The summed E-state index contributed by atoms with van der Waals surface area (Å²) in [5.74, 6) is 0.532. The minimum Gasteiger partial charge on any atom is -0.393 e. The predicted octanol–water partition coefficient (Wildman–Crippen LogP) is 3.93. The third kappa shape index (κ3) is 2.74. The molecule has 30 heavy (non-hydrogen) atoms. The molecule has 2 amide bonds. The zero-order valence-corrected chi connectivity index (χ0v) is 18.7. The Kier molecular flexibility index (Phi) is 4.62. The number of aliphatic hydroxyl groups excluding tert-OH is 2. The fourth-order valence-electron chi connectivity index (χ4n) is 8.30. The number of amides is 2. The molecular weight excluding hydrogens is 398 g/mol. The highest BCUT2D eigenvalue weighted by Crippen LogP contribution is 2.70. The molecule has 4 N–H and O–H groups in total. The Hall–Kier alpha value is -1.44. The van der Waals surface area contributed by atoms with E-state index in [-0.39, 0.29) is 40.2 Å². The van der Waals surface area contributed by atoms with Gasteiger partial charge in [-0.2, -0.15) is 0 Å². The van der Waals surface area contributed by atoms with Crippen LogP contribution in [-0.2, 0) is 0 Å². The Morgan fingerprint density at radius 1 is 1.30 bits per heavy atom. The molecule has 164 valence electrons. The molecule has 1 heterocycles. The monoisotopic (exact) mass is 431 g/mol. The highest BCUT2D eigenvalue weighted by Gasteiger charge is 2.69. The van der Waals surface area contributed by atoms with Gasteiger partial charge in [0, 0.05) is 22.5 Å². The largest absolute Gasteiger partial charge is 0.393 e. The van der Waals surface area contributed by atoms with Crippen molar-refractivity contribution in [3.8, 4) is 0 Å². The van der Waals surface area contributed by atoms with E-state index >= 15 is 0 Å². The summed E-state index contributed by atoms with van der Waals surface area (Å²) in [5, 5.41) is 31.1. The van der Waals surface area contributed by atoms with E-state index in [0.717, 1.165) is 44.1 Å². The van der Waals surface area contributed by atoms with Gasteiger partial charge in [-0.25, -0.2) is 9.78 Å². The smallest absolute Gasteiger partial charge is 0.321 e. The molecule has 7 heteroatoms. The average Bonchev–Trinajstić information content (AvgIpc) is 3.23. The topological polar surface area (TPSA) is 94.5 Å². The van der Waals surface area contributed by atoms with Gasteiger partial charge in [0.25, 0.3) is 0 Å². The van der Waals surface area contributed by atoms with E-state index in [2.05, 4.69) is 36.0 Å². The third-order valence-corrected chi connectivity index (χ3v) is 9.90. The van der Waals surface area contributed by atoms with Crippen molar-refractivity contribution in [3.63, 3.8) is 0 Å². The van der Waals surface area contributed by atoms with Crippen LogP contribution in [0.3, 0.4) is 0 Å². The van der Waals surface area contributed by atoms with E-state index in [4.69, 9.17) is 0 Å². The van der Waals surface area contributed by atoms with Crippen LogP contribution in [0.25, 0.3) is 0 Å². The van der Waals surface area contributed by atoms with Gasteiger partial charge in [0.05, 0.1) is 12.2 Å². The number of urea groups is 1. The molecule has 4 saturated carbocycles. The summed E-state index contributed by atoms with van der Waals surface area (Å²) in [6.07, 6.45) is 7.18. The van der Waals surface area contributed by atoms with Crippen LogP contribution < -0.4 is 10.6 Å². The molecule has 4 aliphatic rings. The SMILES string of the molecule is C=C1[C@@H]2C[C@H](O)[C@H]3[C@]4(C)CCC[C@@](C)(NC(=O)Nc5nccs5)[C@H]4CC[C@]3(C2)[C@@H]1O. The molecule has 4 aliphatic carbocycles. The van der Waals surface area contributed by atoms with Crippen molar-refractivity contribution in [2.45, 2.75) is 76.5 Å². The highest BCUT2D eigenvalue weighted by atomic mass is 32.1. The zero-order valence-electron chi connectivity index (χ0n) is 17.9. The first kappa shape index (κ1) is 20.5. The number of nitrogens with one attached hydrogen (secondary N) is 2. The Balaban J connectivity index is 1.44. The van der Waals surface area contributed by atoms with Crippen LogP contribution in [0.1, 0.15) is 58.8 Å². The van der Waals surface area contributed by atoms with Crippen molar-refractivity contribution < 1.29 is 15.0 Å². The maximum absolute atomic E-state index is 12.8. The molecule has 0 unspecified atom stereocenters. The Labute approximate surface area is 182 Å². The van der Waals surface area contributed by atoms with Gasteiger partial charge >= 0.3 is 6.03 Å². The van der Waals surface area contributed by atoms with E-state index in [0.29, 0.717) is 11.6 Å². The zero-order chi connectivity index (χ0) is 21.3. The molecule has 1 aromatic rings. The number of nitrogens with zero attached hydrogens (tertiary/aromatic N) is 1.